The molecular weight excluding hydrogens is 294 g/mol. The first-order chi connectivity index (χ1) is 11.1. The summed E-state index contributed by atoms with van der Waals surface area (Å²) < 4.78 is 4.86. The summed E-state index contributed by atoms with van der Waals surface area (Å²) in [5, 5.41) is 3.20. The largest absolute Gasteiger partial charge is 0.469 e. The molecule has 23 heavy (non-hydrogen) atoms. The number of amides is 2. The van der Waals surface area contributed by atoms with Gasteiger partial charge in [-0.15, -0.1) is 0 Å². The molecule has 0 radical (unpaired) electrons. The van der Waals surface area contributed by atoms with Crippen LogP contribution in [0, 0.1) is 11.3 Å². The Labute approximate surface area is 138 Å². The van der Waals surface area contributed by atoms with Crippen molar-refractivity contribution in [2.45, 2.75) is 45.1 Å². The van der Waals surface area contributed by atoms with E-state index in [4.69, 9.17) is 4.74 Å². The Balaban J connectivity index is 1.45. The molecule has 0 unspecified atom stereocenters. The van der Waals surface area contributed by atoms with Gasteiger partial charge in [-0.2, -0.15) is 0 Å². The van der Waals surface area contributed by atoms with Crippen molar-refractivity contribution in [3.05, 3.63) is 0 Å². The minimum Gasteiger partial charge on any atom is -0.469 e. The highest BCUT2D eigenvalue weighted by molar-refractivity contribution is 5.77. The number of likely N-dealkylation sites (N-methyl/N-ethyl adjacent to an activating group) is 1. The second-order valence-corrected chi connectivity index (χ2v) is 7.31. The lowest BCUT2D eigenvalue weighted by molar-refractivity contribution is -0.143. The van der Waals surface area contributed by atoms with Gasteiger partial charge < -0.3 is 19.9 Å². The van der Waals surface area contributed by atoms with Gasteiger partial charge in [0.15, 0.2) is 0 Å². The first-order valence-corrected chi connectivity index (χ1v) is 8.93. The molecule has 0 aromatic rings. The Morgan fingerprint density at radius 3 is 2.65 bits per heavy atom. The van der Waals surface area contributed by atoms with Gasteiger partial charge in [-0.25, -0.2) is 4.79 Å². The first kappa shape index (κ1) is 16.6. The molecule has 0 aromatic carbocycles. The molecule has 3 rings (SSSR count). The van der Waals surface area contributed by atoms with Crippen molar-refractivity contribution in [3.63, 3.8) is 0 Å². The fraction of sp³-hybridized carbons (Fsp3) is 0.882. The van der Waals surface area contributed by atoms with Crippen LogP contribution < -0.4 is 5.32 Å². The van der Waals surface area contributed by atoms with E-state index < -0.39 is 0 Å². The zero-order chi connectivity index (χ0) is 16.4. The standard InChI is InChI=1S/C17H29N3O3/c1-3-19-8-4-5-13(12-19)18-16(22)20-9-6-17(7-10-20)11-14(17)15(21)23-2/h13-14H,3-12H2,1-2H3,(H,18,22)/t13-,14-/m0/s1. The van der Waals surface area contributed by atoms with Gasteiger partial charge in [-0.1, -0.05) is 6.92 Å². The van der Waals surface area contributed by atoms with Crippen LogP contribution in [0.5, 0.6) is 0 Å². The van der Waals surface area contributed by atoms with Gasteiger partial charge in [-0.05, 0) is 50.6 Å². The Morgan fingerprint density at radius 2 is 2.00 bits per heavy atom. The monoisotopic (exact) mass is 323 g/mol. The smallest absolute Gasteiger partial charge is 0.317 e. The van der Waals surface area contributed by atoms with E-state index in [1.54, 1.807) is 0 Å². The summed E-state index contributed by atoms with van der Waals surface area (Å²) in [6, 6.07) is 0.342. The molecule has 1 saturated carbocycles. The van der Waals surface area contributed by atoms with E-state index in [0.29, 0.717) is 0 Å². The van der Waals surface area contributed by atoms with E-state index in [-0.39, 0.29) is 29.4 Å². The summed E-state index contributed by atoms with van der Waals surface area (Å²) in [4.78, 5) is 28.4. The number of methoxy groups -OCH3 is 1. The van der Waals surface area contributed by atoms with Crippen LogP contribution in [0.25, 0.3) is 0 Å². The van der Waals surface area contributed by atoms with Crippen LogP contribution >= 0.6 is 0 Å². The van der Waals surface area contributed by atoms with Crippen LogP contribution in [0.15, 0.2) is 0 Å². The van der Waals surface area contributed by atoms with E-state index in [9.17, 15) is 9.59 Å². The molecule has 2 aliphatic heterocycles. The number of likely N-dealkylation sites (tertiary alicyclic amines) is 2. The van der Waals surface area contributed by atoms with Crippen molar-refractivity contribution in [2.75, 3.05) is 39.8 Å². The molecule has 3 fully saturated rings. The molecule has 6 nitrogen and oxygen atoms in total. The zero-order valence-corrected chi connectivity index (χ0v) is 14.3. The Hall–Kier alpha value is -1.30. The van der Waals surface area contributed by atoms with Gasteiger partial charge in [0.2, 0.25) is 0 Å². The maximum atomic E-state index is 12.5. The fourth-order valence-electron chi connectivity index (χ4n) is 4.26. The topological polar surface area (TPSA) is 61.9 Å². The maximum absolute atomic E-state index is 12.5. The normalized spacial score (nSPS) is 30.1. The number of esters is 1. The van der Waals surface area contributed by atoms with E-state index >= 15 is 0 Å². The van der Waals surface area contributed by atoms with Crippen molar-refractivity contribution >= 4 is 12.0 Å². The molecule has 1 N–H and O–H groups in total. The molecular formula is C17H29N3O3. The van der Waals surface area contributed by atoms with Crippen LogP contribution in [-0.4, -0.2) is 67.7 Å². The van der Waals surface area contributed by atoms with E-state index in [0.717, 1.165) is 64.8 Å². The molecule has 2 atom stereocenters. The third-order valence-corrected chi connectivity index (χ3v) is 6.00. The lowest BCUT2D eigenvalue weighted by Crippen LogP contribution is -2.53. The highest BCUT2D eigenvalue weighted by Crippen LogP contribution is 2.59. The predicted molar refractivity (Wildman–Crippen MR) is 87.0 cm³/mol. The number of carbonyl (C=O) groups excluding carboxylic acids is 2. The molecule has 1 spiro atoms. The van der Waals surface area contributed by atoms with E-state index in [1.165, 1.54) is 7.11 Å². The molecule has 0 bridgehead atoms. The molecule has 3 aliphatic rings. The number of hydrogen-bond donors (Lipinski definition) is 1. The Kier molecular flexibility index (Phi) is 4.80. The minimum atomic E-state index is -0.0789. The quantitative estimate of drug-likeness (QED) is 0.799. The van der Waals surface area contributed by atoms with Crippen molar-refractivity contribution in [1.29, 1.82) is 0 Å². The van der Waals surface area contributed by atoms with Crippen LogP contribution in [0.1, 0.15) is 39.0 Å². The third kappa shape index (κ3) is 3.47. The lowest BCUT2D eigenvalue weighted by atomic mass is 9.91. The summed E-state index contributed by atoms with van der Waals surface area (Å²) in [5.41, 5.74) is 0.119. The Morgan fingerprint density at radius 1 is 1.26 bits per heavy atom. The van der Waals surface area contributed by atoms with Gasteiger partial charge in [0.25, 0.3) is 0 Å². The van der Waals surface area contributed by atoms with Crippen molar-refractivity contribution in [1.82, 2.24) is 15.1 Å². The molecule has 2 saturated heterocycles. The maximum Gasteiger partial charge on any atom is 0.317 e. The van der Waals surface area contributed by atoms with E-state index in [2.05, 4.69) is 17.1 Å². The van der Waals surface area contributed by atoms with Gasteiger partial charge in [-0.3, -0.25) is 4.79 Å². The van der Waals surface area contributed by atoms with Crippen LogP contribution in [-0.2, 0) is 9.53 Å². The Bertz CT molecular complexity index is 460. The summed E-state index contributed by atoms with van der Waals surface area (Å²) in [5.74, 6) is -0.0149. The van der Waals surface area contributed by atoms with Gasteiger partial charge >= 0.3 is 12.0 Å². The number of carbonyl (C=O) groups is 2. The molecule has 6 heteroatoms. The molecule has 1 aliphatic carbocycles. The van der Waals surface area contributed by atoms with Crippen LogP contribution in [0.2, 0.25) is 0 Å². The summed E-state index contributed by atoms with van der Waals surface area (Å²) in [6.45, 7) is 6.83. The summed E-state index contributed by atoms with van der Waals surface area (Å²) >= 11 is 0. The van der Waals surface area contributed by atoms with Gasteiger partial charge in [0.05, 0.1) is 13.0 Å². The number of nitrogens with one attached hydrogen (secondary N) is 1. The number of ether oxygens (including phenoxy) is 1. The summed E-state index contributed by atoms with van der Waals surface area (Å²) in [6.07, 6.45) is 5.01. The number of urea groups is 1. The lowest BCUT2D eigenvalue weighted by Gasteiger charge is -2.36. The van der Waals surface area contributed by atoms with E-state index in [1.807, 2.05) is 4.90 Å². The van der Waals surface area contributed by atoms with Crippen LogP contribution in [0.3, 0.4) is 0 Å². The number of piperidine rings is 2. The number of hydrogen-bond acceptors (Lipinski definition) is 4. The minimum absolute atomic E-state index is 0.0640. The zero-order valence-electron chi connectivity index (χ0n) is 14.3. The highest BCUT2D eigenvalue weighted by atomic mass is 16.5. The third-order valence-electron chi connectivity index (χ3n) is 6.00. The second kappa shape index (κ2) is 6.67. The average molecular weight is 323 g/mol. The fourth-order valence-corrected chi connectivity index (χ4v) is 4.26. The highest BCUT2D eigenvalue weighted by Gasteiger charge is 2.59. The second-order valence-electron chi connectivity index (χ2n) is 7.31. The molecule has 2 amide bonds. The molecule has 0 aromatic heterocycles. The van der Waals surface area contributed by atoms with Crippen molar-refractivity contribution < 1.29 is 14.3 Å². The summed E-state index contributed by atoms with van der Waals surface area (Å²) in [7, 11) is 1.46. The van der Waals surface area contributed by atoms with Crippen molar-refractivity contribution in [2.24, 2.45) is 11.3 Å². The number of rotatable bonds is 3. The SMILES string of the molecule is CCN1CCC[C@H](NC(=O)N2CCC3(CC2)C[C@H]3C(=O)OC)C1. The number of nitrogens with zero attached hydrogens (tertiary/aromatic N) is 2. The first-order valence-electron chi connectivity index (χ1n) is 8.93. The van der Waals surface area contributed by atoms with Crippen molar-refractivity contribution in [3.8, 4) is 0 Å². The molecule has 130 valence electrons. The van der Waals surface area contributed by atoms with Crippen LogP contribution in [0.4, 0.5) is 4.79 Å². The predicted octanol–water partition coefficient (Wildman–Crippen LogP) is 1.46. The van der Waals surface area contributed by atoms with Gasteiger partial charge in [0, 0.05) is 25.7 Å². The molecule has 2 heterocycles. The average Bonchev–Trinajstić information content (AvgIpc) is 3.28. The van der Waals surface area contributed by atoms with Gasteiger partial charge in [0.1, 0.15) is 0 Å².